The lowest BCUT2D eigenvalue weighted by Gasteiger charge is -2.27. The second-order valence-corrected chi connectivity index (χ2v) is 7.26. The number of benzene rings is 2. The fourth-order valence-electron chi connectivity index (χ4n) is 2.81. The van der Waals surface area contributed by atoms with Crippen LogP contribution in [-0.4, -0.2) is 41.1 Å². The van der Waals surface area contributed by atoms with E-state index >= 15 is 0 Å². The normalized spacial score (nSPS) is 12.2. The molecule has 1 atom stereocenters. The molecule has 0 saturated carbocycles. The molecule has 0 saturated heterocycles. The van der Waals surface area contributed by atoms with E-state index in [1.165, 1.54) is 18.1 Å². The molecule has 8 nitrogen and oxygen atoms in total. The number of carbonyl (C=O) groups is 3. The van der Waals surface area contributed by atoms with E-state index in [-0.39, 0.29) is 24.2 Å². The molecule has 174 valence electrons. The van der Waals surface area contributed by atoms with Gasteiger partial charge in [-0.2, -0.15) is 5.10 Å². The van der Waals surface area contributed by atoms with Gasteiger partial charge in [-0.25, -0.2) is 9.59 Å². The third-order valence-electron chi connectivity index (χ3n) is 4.61. The number of halogens is 1. The molecule has 9 heteroatoms. The smallest absolute Gasteiger partial charge is 0.370 e. The molecule has 0 unspecified atom stereocenters. The summed E-state index contributed by atoms with van der Waals surface area (Å²) in [5, 5.41) is 3.42. The van der Waals surface area contributed by atoms with Crippen molar-refractivity contribution in [1.82, 2.24) is 4.90 Å². The van der Waals surface area contributed by atoms with Crippen LogP contribution in [0, 0.1) is 0 Å². The molecule has 0 aromatic heterocycles. The second-order valence-electron chi connectivity index (χ2n) is 6.90. The maximum atomic E-state index is 12.8. The van der Waals surface area contributed by atoms with Crippen LogP contribution in [0.4, 0.5) is 5.69 Å². The molecule has 33 heavy (non-hydrogen) atoms. The van der Waals surface area contributed by atoms with E-state index in [2.05, 4.69) is 15.3 Å². The monoisotopic (exact) mass is 471 g/mol. The van der Waals surface area contributed by atoms with Crippen LogP contribution in [0.2, 0.25) is 0 Å². The highest BCUT2D eigenvalue weighted by molar-refractivity contribution is 6.82. The first kappa shape index (κ1) is 25.6. The summed E-state index contributed by atoms with van der Waals surface area (Å²) in [7, 11) is 1.19. The van der Waals surface area contributed by atoms with Gasteiger partial charge in [0.1, 0.15) is 12.6 Å². The van der Waals surface area contributed by atoms with Gasteiger partial charge in [0, 0.05) is 6.54 Å². The van der Waals surface area contributed by atoms with E-state index in [4.69, 9.17) is 16.3 Å². The number of para-hydroxylation sites is 1. The minimum atomic E-state index is -0.854. The SMILES string of the molecule is C/C=C/C(=O)N(Cc1ccccc1N/N=C(/Cl)C(=O)OC)[C@@H](C)C(=O)OCc1ccccc1. The van der Waals surface area contributed by atoms with Gasteiger partial charge in [-0.3, -0.25) is 10.2 Å². The molecule has 2 rings (SSSR count). The van der Waals surface area contributed by atoms with Gasteiger partial charge in [-0.15, -0.1) is 0 Å². The lowest BCUT2D eigenvalue weighted by molar-refractivity contribution is -0.154. The largest absolute Gasteiger partial charge is 0.464 e. The van der Waals surface area contributed by atoms with Crippen molar-refractivity contribution in [2.45, 2.75) is 33.0 Å². The van der Waals surface area contributed by atoms with Crippen molar-refractivity contribution in [1.29, 1.82) is 0 Å². The van der Waals surface area contributed by atoms with Crippen LogP contribution in [0.1, 0.15) is 25.0 Å². The van der Waals surface area contributed by atoms with Gasteiger partial charge in [-0.1, -0.05) is 66.2 Å². The number of carbonyl (C=O) groups excluding carboxylic acids is 3. The maximum Gasteiger partial charge on any atom is 0.370 e. The molecule has 0 spiro atoms. The Kier molecular flexibility index (Phi) is 10.1. The van der Waals surface area contributed by atoms with Crippen LogP contribution in [0.3, 0.4) is 0 Å². The fourth-order valence-corrected chi connectivity index (χ4v) is 2.93. The van der Waals surface area contributed by atoms with Crippen molar-refractivity contribution >= 4 is 40.3 Å². The summed E-state index contributed by atoms with van der Waals surface area (Å²) in [6, 6.07) is 15.4. The fraction of sp³-hybridized carbons (Fsp3) is 0.250. The number of anilines is 1. The standard InChI is InChI=1S/C24H26ClN3O5/c1-4-10-21(29)28(17(2)23(30)33-16-18-11-6-5-7-12-18)15-19-13-8-9-14-20(19)26-27-22(25)24(31)32-3/h4-14,17,26H,15-16H2,1-3H3/b10-4+,27-22+/t17-/m0/s1. The summed E-state index contributed by atoms with van der Waals surface area (Å²) in [5.74, 6) is -1.68. The summed E-state index contributed by atoms with van der Waals surface area (Å²) in [4.78, 5) is 38.3. The number of amides is 1. The van der Waals surface area contributed by atoms with E-state index in [0.717, 1.165) is 5.56 Å². The Hall–Kier alpha value is -3.65. The Morgan fingerprint density at radius 1 is 1.12 bits per heavy atom. The van der Waals surface area contributed by atoms with Gasteiger partial charge in [0.2, 0.25) is 11.1 Å². The lowest BCUT2D eigenvalue weighted by Crippen LogP contribution is -2.43. The number of hydrazone groups is 1. The number of nitrogens with one attached hydrogen (secondary N) is 1. The third kappa shape index (κ3) is 7.76. The summed E-state index contributed by atoms with van der Waals surface area (Å²) in [5.41, 5.74) is 4.70. The Bertz CT molecular complexity index is 1020. The van der Waals surface area contributed by atoms with Crippen LogP contribution in [0.25, 0.3) is 0 Å². The van der Waals surface area contributed by atoms with Crippen LogP contribution in [0.5, 0.6) is 0 Å². The molecule has 0 heterocycles. The van der Waals surface area contributed by atoms with Crippen molar-refractivity contribution in [3.05, 3.63) is 77.9 Å². The zero-order valence-corrected chi connectivity index (χ0v) is 19.4. The first-order valence-electron chi connectivity index (χ1n) is 10.2. The highest BCUT2D eigenvalue weighted by Gasteiger charge is 2.27. The predicted molar refractivity (Wildman–Crippen MR) is 126 cm³/mol. The quantitative estimate of drug-likeness (QED) is 0.244. The van der Waals surface area contributed by atoms with Crippen molar-refractivity contribution in [2.75, 3.05) is 12.5 Å². The first-order chi connectivity index (χ1) is 15.9. The number of hydrogen-bond donors (Lipinski definition) is 1. The molecule has 0 fully saturated rings. The number of esters is 2. The zero-order chi connectivity index (χ0) is 24.2. The van der Waals surface area contributed by atoms with E-state index < -0.39 is 18.0 Å². The van der Waals surface area contributed by atoms with Crippen molar-refractivity contribution in [3.8, 4) is 0 Å². The Balaban J connectivity index is 2.20. The van der Waals surface area contributed by atoms with Crippen LogP contribution in [-0.2, 0) is 37.0 Å². The molecule has 0 bridgehead atoms. The number of nitrogens with zero attached hydrogens (tertiary/aromatic N) is 2. The van der Waals surface area contributed by atoms with Crippen molar-refractivity contribution in [3.63, 3.8) is 0 Å². The van der Waals surface area contributed by atoms with Gasteiger partial charge >= 0.3 is 11.9 Å². The summed E-state index contributed by atoms with van der Waals surface area (Å²) >= 11 is 5.79. The third-order valence-corrected chi connectivity index (χ3v) is 4.85. The van der Waals surface area contributed by atoms with E-state index in [9.17, 15) is 14.4 Å². The molecule has 0 aliphatic rings. The van der Waals surface area contributed by atoms with Gasteiger partial charge in [0.15, 0.2) is 0 Å². The number of methoxy groups -OCH3 is 1. The molecule has 0 aliphatic carbocycles. The molecular weight excluding hydrogens is 446 g/mol. The van der Waals surface area contributed by atoms with Crippen molar-refractivity contribution < 1.29 is 23.9 Å². The average molecular weight is 472 g/mol. The predicted octanol–water partition coefficient (Wildman–Crippen LogP) is 3.86. The Morgan fingerprint density at radius 3 is 2.45 bits per heavy atom. The zero-order valence-electron chi connectivity index (χ0n) is 18.7. The minimum Gasteiger partial charge on any atom is -0.464 e. The molecular formula is C24H26ClN3O5. The summed E-state index contributed by atoms with van der Waals surface area (Å²) in [6.07, 6.45) is 2.98. The molecule has 1 amide bonds. The summed E-state index contributed by atoms with van der Waals surface area (Å²) < 4.78 is 9.93. The highest BCUT2D eigenvalue weighted by atomic mass is 35.5. The Morgan fingerprint density at radius 2 is 1.79 bits per heavy atom. The molecule has 2 aromatic carbocycles. The first-order valence-corrected chi connectivity index (χ1v) is 10.5. The average Bonchev–Trinajstić information content (AvgIpc) is 2.84. The Labute approximate surface area is 197 Å². The van der Waals surface area contributed by atoms with Crippen LogP contribution < -0.4 is 5.43 Å². The van der Waals surface area contributed by atoms with Gasteiger partial charge < -0.3 is 14.4 Å². The highest BCUT2D eigenvalue weighted by Crippen LogP contribution is 2.20. The number of ether oxygens (including phenoxy) is 2. The van der Waals surface area contributed by atoms with Crippen molar-refractivity contribution in [2.24, 2.45) is 5.10 Å². The van der Waals surface area contributed by atoms with E-state index in [1.807, 2.05) is 30.3 Å². The second kappa shape index (κ2) is 13.0. The molecule has 2 aromatic rings. The number of rotatable bonds is 10. The van der Waals surface area contributed by atoms with Gasteiger partial charge in [0.25, 0.3) is 0 Å². The van der Waals surface area contributed by atoms with Gasteiger partial charge in [-0.05, 0) is 37.1 Å². The molecule has 0 radical (unpaired) electrons. The lowest BCUT2D eigenvalue weighted by atomic mass is 10.1. The van der Waals surface area contributed by atoms with Gasteiger partial charge in [0.05, 0.1) is 12.8 Å². The summed E-state index contributed by atoms with van der Waals surface area (Å²) in [6.45, 7) is 3.51. The number of hydrogen-bond acceptors (Lipinski definition) is 7. The van der Waals surface area contributed by atoms with Crippen LogP contribution in [0.15, 0.2) is 71.9 Å². The minimum absolute atomic E-state index is 0.0827. The van der Waals surface area contributed by atoms with E-state index in [1.54, 1.807) is 44.2 Å². The maximum absolute atomic E-state index is 12.8. The van der Waals surface area contributed by atoms with Crippen LogP contribution >= 0.6 is 11.6 Å². The number of allylic oxidation sites excluding steroid dienone is 1. The van der Waals surface area contributed by atoms with E-state index in [0.29, 0.717) is 11.3 Å². The molecule has 1 N–H and O–H groups in total. The molecule has 0 aliphatic heterocycles. The topological polar surface area (TPSA) is 97.3 Å².